The average molecular weight is 436 g/mol. The highest BCUT2D eigenvalue weighted by atomic mass is 35.5. The second-order valence-electron chi connectivity index (χ2n) is 7.35. The van der Waals surface area contributed by atoms with Crippen LogP contribution < -0.4 is 5.32 Å². The molecule has 0 saturated carbocycles. The number of amides is 1. The predicted octanol–water partition coefficient (Wildman–Crippen LogP) is 6.43. The molecule has 0 radical (unpaired) electrons. The van der Waals surface area contributed by atoms with Crippen molar-refractivity contribution in [3.8, 4) is 11.5 Å². The van der Waals surface area contributed by atoms with Gasteiger partial charge in [-0.15, -0.1) is 0 Å². The van der Waals surface area contributed by atoms with Gasteiger partial charge in [0.2, 0.25) is 5.89 Å². The van der Waals surface area contributed by atoms with Crippen molar-refractivity contribution in [3.05, 3.63) is 86.9 Å². The van der Waals surface area contributed by atoms with Gasteiger partial charge < -0.3 is 9.73 Å². The molecule has 1 aromatic heterocycles. The van der Waals surface area contributed by atoms with Crippen molar-refractivity contribution in [1.29, 1.82) is 0 Å². The molecule has 7 nitrogen and oxygen atoms in total. The fourth-order valence-corrected chi connectivity index (χ4v) is 3.33. The van der Waals surface area contributed by atoms with Gasteiger partial charge in [-0.2, -0.15) is 0 Å². The fourth-order valence-electron chi connectivity index (χ4n) is 3.12. The number of hydrogen-bond acceptors (Lipinski definition) is 5. The van der Waals surface area contributed by atoms with E-state index in [1.807, 2.05) is 18.2 Å². The van der Waals surface area contributed by atoms with Gasteiger partial charge in [0.1, 0.15) is 5.52 Å². The average Bonchev–Trinajstić information content (AvgIpc) is 3.17. The number of fused-ring (bicyclic) bond motifs is 1. The quantitative estimate of drug-likeness (QED) is 0.287. The molecular formula is C23H18ClN3O4. The zero-order chi connectivity index (χ0) is 22.1. The molecule has 3 aromatic carbocycles. The minimum atomic E-state index is -0.577. The lowest BCUT2D eigenvalue weighted by Crippen LogP contribution is -2.12. The molecule has 0 fully saturated rings. The molecule has 0 spiro atoms. The summed E-state index contributed by atoms with van der Waals surface area (Å²) in [6.45, 7) is 4.24. The minimum absolute atomic E-state index is 0.0276. The molecule has 1 amide bonds. The Morgan fingerprint density at radius 2 is 1.84 bits per heavy atom. The molecular weight excluding hydrogens is 418 g/mol. The Balaban J connectivity index is 1.55. The van der Waals surface area contributed by atoms with Crippen molar-refractivity contribution < 1.29 is 14.1 Å². The van der Waals surface area contributed by atoms with E-state index in [0.29, 0.717) is 23.1 Å². The largest absolute Gasteiger partial charge is 0.436 e. The van der Waals surface area contributed by atoms with Gasteiger partial charge in [-0.1, -0.05) is 31.5 Å². The molecule has 0 atom stereocenters. The number of halogens is 1. The van der Waals surface area contributed by atoms with E-state index in [0.717, 1.165) is 17.1 Å². The van der Waals surface area contributed by atoms with Gasteiger partial charge in [-0.25, -0.2) is 4.98 Å². The Bertz CT molecular complexity index is 1300. The number of oxazole rings is 1. The molecule has 8 heteroatoms. The Kier molecular flexibility index (Phi) is 5.44. The number of carbonyl (C=O) groups excluding carboxylic acids is 1. The Morgan fingerprint density at radius 1 is 1.10 bits per heavy atom. The second kappa shape index (κ2) is 8.20. The third-order valence-corrected chi connectivity index (χ3v) is 5.20. The summed E-state index contributed by atoms with van der Waals surface area (Å²) in [5, 5.41) is 13.8. The maximum Gasteiger partial charge on any atom is 0.270 e. The highest BCUT2D eigenvalue weighted by Crippen LogP contribution is 2.28. The first kappa shape index (κ1) is 20.6. The number of hydrogen-bond donors (Lipinski definition) is 1. The molecule has 0 aliphatic rings. The first-order valence-electron chi connectivity index (χ1n) is 9.58. The summed E-state index contributed by atoms with van der Waals surface area (Å²) >= 11 is 6.03. The van der Waals surface area contributed by atoms with Crippen molar-refractivity contribution in [1.82, 2.24) is 4.98 Å². The summed E-state index contributed by atoms with van der Waals surface area (Å²) < 4.78 is 5.85. The zero-order valence-corrected chi connectivity index (χ0v) is 17.5. The molecule has 156 valence electrons. The minimum Gasteiger partial charge on any atom is -0.436 e. The molecule has 0 aliphatic heterocycles. The lowest BCUT2D eigenvalue weighted by atomic mass is 10.0. The number of nitrogens with one attached hydrogen (secondary N) is 1. The number of nitrogens with zero attached hydrogens (tertiary/aromatic N) is 2. The van der Waals surface area contributed by atoms with Gasteiger partial charge in [0.15, 0.2) is 5.58 Å². The van der Waals surface area contributed by atoms with E-state index in [1.54, 1.807) is 24.3 Å². The Morgan fingerprint density at radius 3 is 2.52 bits per heavy atom. The maximum atomic E-state index is 12.5. The number of carbonyl (C=O) groups is 1. The molecule has 1 N–H and O–H groups in total. The van der Waals surface area contributed by atoms with Crippen LogP contribution in [0, 0.1) is 10.1 Å². The van der Waals surface area contributed by atoms with Crippen LogP contribution in [0.1, 0.15) is 35.7 Å². The van der Waals surface area contributed by atoms with E-state index in [-0.39, 0.29) is 16.3 Å². The number of aromatic nitrogens is 1. The lowest BCUT2D eigenvalue weighted by molar-refractivity contribution is -0.384. The van der Waals surface area contributed by atoms with E-state index < -0.39 is 10.8 Å². The summed E-state index contributed by atoms with van der Waals surface area (Å²) in [5.41, 5.74) is 3.77. The van der Waals surface area contributed by atoms with Crippen molar-refractivity contribution in [2.75, 3.05) is 5.32 Å². The van der Waals surface area contributed by atoms with E-state index in [9.17, 15) is 14.9 Å². The first-order valence-corrected chi connectivity index (χ1v) is 9.96. The van der Waals surface area contributed by atoms with Crippen LogP contribution >= 0.6 is 11.6 Å². The molecule has 4 rings (SSSR count). The van der Waals surface area contributed by atoms with Crippen LogP contribution in [0.2, 0.25) is 5.02 Å². The fraction of sp³-hybridized carbons (Fsp3) is 0.130. The molecule has 0 saturated heterocycles. The highest BCUT2D eigenvalue weighted by Gasteiger charge is 2.16. The Labute approximate surface area is 182 Å². The molecule has 0 aliphatic carbocycles. The van der Waals surface area contributed by atoms with Crippen LogP contribution in [0.5, 0.6) is 0 Å². The van der Waals surface area contributed by atoms with Crippen LogP contribution in [-0.4, -0.2) is 15.8 Å². The summed E-state index contributed by atoms with van der Waals surface area (Å²) in [5.74, 6) is 0.340. The molecule has 0 bridgehead atoms. The first-order chi connectivity index (χ1) is 14.8. The van der Waals surface area contributed by atoms with Crippen LogP contribution in [0.4, 0.5) is 11.4 Å². The molecule has 4 aromatic rings. The smallest absolute Gasteiger partial charge is 0.270 e. The standard InChI is InChI=1S/C23H18ClN3O4/c1-13(2)15-5-10-21-20(11-15)26-23(31-21)14-3-6-16(7-4-14)25-22(28)18-12-17(27(29)30)8-9-19(18)24/h3-13H,1-2H3,(H,25,28). The normalized spacial score (nSPS) is 11.1. The SMILES string of the molecule is CC(C)c1ccc2oc(-c3ccc(NC(=O)c4cc([N+](=O)[O-])ccc4Cl)cc3)nc2c1. The maximum absolute atomic E-state index is 12.5. The van der Waals surface area contributed by atoms with Gasteiger partial charge in [-0.3, -0.25) is 14.9 Å². The topological polar surface area (TPSA) is 98.3 Å². The van der Waals surface area contributed by atoms with E-state index in [2.05, 4.69) is 24.1 Å². The zero-order valence-electron chi connectivity index (χ0n) is 16.8. The number of non-ortho nitro benzene ring substituents is 1. The summed E-state index contributed by atoms with van der Waals surface area (Å²) in [4.78, 5) is 27.5. The monoisotopic (exact) mass is 435 g/mol. The summed E-state index contributed by atoms with van der Waals surface area (Å²) in [7, 11) is 0. The van der Waals surface area contributed by atoms with Crippen LogP contribution in [-0.2, 0) is 0 Å². The third kappa shape index (κ3) is 4.27. The summed E-state index contributed by atoms with van der Waals surface area (Å²) in [6.07, 6.45) is 0. The number of nitro groups is 1. The van der Waals surface area contributed by atoms with E-state index in [4.69, 9.17) is 16.0 Å². The lowest BCUT2D eigenvalue weighted by Gasteiger charge is -2.07. The van der Waals surface area contributed by atoms with Crippen molar-refractivity contribution in [3.63, 3.8) is 0 Å². The summed E-state index contributed by atoms with van der Waals surface area (Å²) in [6, 6.07) is 16.6. The van der Waals surface area contributed by atoms with Gasteiger partial charge in [-0.05, 0) is 53.9 Å². The molecule has 1 heterocycles. The van der Waals surface area contributed by atoms with Gasteiger partial charge in [0.25, 0.3) is 11.6 Å². The van der Waals surface area contributed by atoms with Crippen LogP contribution in [0.15, 0.2) is 65.1 Å². The van der Waals surface area contributed by atoms with Crippen LogP contribution in [0.25, 0.3) is 22.6 Å². The number of benzene rings is 3. The van der Waals surface area contributed by atoms with Crippen molar-refractivity contribution in [2.24, 2.45) is 0 Å². The number of anilines is 1. The van der Waals surface area contributed by atoms with Gasteiger partial charge in [0, 0.05) is 23.4 Å². The number of rotatable bonds is 5. The second-order valence-corrected chi connectivity index (χ2v) is 7.76. The highest BCUT2D eigenvalue weighted by molar-refractivity contribution is 6.34. The van der Waals surface area contributed by atoms with Gasteiger partial charge >= 0.3 is 0 Å². The molecule has 31 heavy (non-hydrogen) atoms. The predicted molar refractivity (Wildman–Crippen MR) is 120 cm³/mol. The van der Waals surface area contributed by atoms with Crippen molar-refractivity contribution in [2.45, 2.75) is 19.8 Å². The third-order valence-electron chi connectivity index (χ3n) is 4.87. The van der Waals surface area contributed by atoms with E-state index in [1.165, 1.54) is 17.7 Å². The van der Waals surface area contributed by atoms with E-state index >= 15 is 0 Å². The molecule has 0 unspecified atom stereocenters. The Hall–Kier alpha value is -3.71. The van der Waals surface area contributed by atoms with Crippen molar-refractivity contribution >= 4 is 40.0 Å². The number of nitro benzene ring substituents is 1. The van der Waals surface area contributed by atoms with Crippen LogP contribution in [0.3, 0.4) is 0 Å². The van der Waals surface area contributed by atoms with Gasteiger partial charge in [0.05, 0.1) is 15.5 Å².